The number of hydrazone groups is 1. The molecule has 2 aromatic carbocycles. The molecule has 0 aliphatic heterocycles. The molecule has 0 spiro atoms. The van der Waals surface area contributed by atoms with Crippen LogP contribution in [0.3, 0.4) is 0 Å². The number of aryl methyl sites for hydroxylation is 1. The van der Waals surface area contributed by atoms with Gasteiger partial charge in [0.2, 0.25) is 0 Å². The van der Waals surface area contributed by atoms with E-state index in [1.807, 2.05) is 18.2 Å². The molecule has 0 aromatic heterocycles. The van der Waals surface area contributed by atoms with E-state index in [4.69, 9.17) is 27.9 Å². The van der Waals surface area contributed by atoms with E-state index >= 15 is 0 Å². The lowest BCUT2D eigenvalue weighted by Crippen LogP contribution is -2.24. The second-order valence-corrected chi connectivity index (χ2v) is 6.50. The van der Waals surface area contributed by atoms with Crippen LogP contribution >= 0.6 is 39.1 Å². The molecule has 0 atom stereocenters. The van der Waals surface area contributed by atoms with Crippen LogP contribution in [0, 0.1) is 0 Å². The molecule has 126 valence electrons. The van der Waals surface area contributed by atoms with Crippen molar-refractivity contribution in [3.8, 4) is 5.75 Å². The third-order valence-electron chi connectivity index (χ3n) is 3.15. The van der Waals surface area contributed by atoms with Crippen LogP contribution in [0.15, 0.2) is 46.0 Å². The normalized spacial score (nSPS) is 10.8. The third-order valence-corrected chi connectivity index (χ3v) is 4.42. The number of halogens is 3. The van der Waals surface area contributed by atoms with Crippen molar-refractivity contribution in [2.75, 3.05) is 6.61 Å². The molecule has 4 nitrogen and oxygen atoms in total. The predicted octanol–water partition coefficient (Wildman–Crippen LogP) is 4.85. The minimum Gasteiger partial charge on any atom is -0.483 e. The van der Waals surface area contributed by atoms with Gasteiger partial charge in [0.15, 0.2) is 6.61 Å². The molecule has 0 aliphatic carbocycles. The van der Waals surface area contributed by atoms with Gasteiger partial charge in [-0.25, -0.2) is 5.43 Å². The lowest BCUT2D eigenvalue weighted by molar-refractivity contribution is -0.123. The number of ether oxygens (including phenoxy) is 1. The predicted molar refractivity (Wildman–Crippen MR) is 101 cm³/mol. The number of nitrogens with one attached hydrogen (secondary N) is 1. The summed E-state index contributed by atoms with van der Waals surface area (Å²) in [5, 5.41) is 4.75. The Kier molecular flexibility index (Phi) is 7.09. The van der Waals surface area contributed by atoms with Crippen molar-refractivity contribution >= 4 is 51.3 Å². The number of carbonyl (C=O) groups is 1. The number of amides is 1. The summed E-state index contributed by atoms with van der Waals surface area (Å²) >= 11 is 15.4. The zero-order valence-corrected chi connectivity index (χ0v) is 16.0. The molecule has 7 heteroatoms. The fourth-order valence-corrected chi connectivity index (χ4v) is 2.90. The van der Waals surface area contributed by atoms with Crippen molar-refractivity contribution in [2.24, 2.45) is 5.10 Å². The zero-order valence-electron chi connectivity index (χ0n) is 12.9. The van der Waals surface area contributed by atoms with Crippen molar-refractivity contribution in [2.45, 2.75) is 13.3 Å². The molecular formula is C17H15BrCl2N2O2. The van der Waals surface area contributed by atoms with Gasteiger partial charge in [-0.2, -0.15) is 5.10 Å². The van der Waals surface area contributed by atoms with Crippen molar-refractivity contribution in [3.05, 3.63) is 62.0 Å². The summed E-state index contributed by atoms with van der Waals surface area (Å²) in [6.07, 6.45) is 2.33. The quantitative estimate of drug-likeness (QED) is 0.527. The summed E-state index contributed by atoms with van der Waals surface area (Å²) in [6, 6.07) is 10.9. The van der Waals surface area contributed by atoms with Gasteiger partial charge < -0.3 is 4.74 Å². The summed E-state index contributed by atoms with van der Waals surface area (Å²) in [6.45, 7) is 1.91. The van der Waals surface area contributed by atoms with E-state index in [0.717, 1.165) is 10.9 Å². The molecule has 1 amide bonds. The van der Waals surface area contributed by atoms with E-state index in [1.165, 1.54) is 11.8 Å². The van der Waals surface area contributed by atoms with Gasteiger partial charge >= 0.3 is 0 Å². The fraction of sp³-hybridized carbons (Fsp3) is 0.176. The molecule has 2 rings (SSSR count). The van der Waals surface area contributed by atoms with E-state index < -0.39 is 0 Å². The molecule has 2 aromatic rings. The van der Waals surface area contributed by atoms with E-state index in [1.54, 1.807) is 18.2 Å². The molecule has 0 saturated heterocycles. The first-order chi connectivity index (χ1) is 11.5. The van der Waals surface area contributed by atoms with Gasteiger partial charge in [-0.3, -0.25) is 4.79 Å². The topological polar surface area (TPSA) is 50.7 Å². The van der Waals surface area contributed by atoms with Crippen LogP contribution in [0.2, 0.25) is 10.0 Å². The highest BCUT2D eigenvalue weighted by Gasteiger charge is 2.06. The van der Waals surface area contributed by atoms with Crippen LogP contribution in [0.1, 0.15) is 18.1 Å². The van der Waals surface area contributed by atoms with Gasteiger partial charge in [0.25, 0.3) is 5.91 Å². The Balaban J connectivity index is 1.89. The first kappa shape index (κ1) is 18.8. The maximum Gasteiger partial charge on any atom is 0.277 e. The first-order valence-corrected chi connectivity index (χ1v) is 8.73. The summed E-state index contributed by atoms with van der Waals surface area (Å²) in [4.78, 5) is 11.8. The number of hydrogen-bond donors (Lipinski definition) is 1. The van der Waals surface area contributed by atoms with Crippen LogP contribution in [0.25, 0.3) is 0 Å². The number of hydrogen-bond acceptors (Lipinski definition) is 3. The third kappa shape index (κ3) is 5.23. The highest BCUT2D eigenvalue weighted by molar-refractivity contribution is 9.10. The standard InChI is InChI=1S/C17H15BrCl2N2O2/c1-2-11-6-7-16(13(18)8-11)24-10-17(23)22-21-9-12-14(19)4-3-5-15(12)20/h3-9H,2,10H2,1H3,(H,22,23). The summed E-state index contributed by atoms with van der Waals surface area (Å²) < 4.78 is 6.27. The second-order valence-electron chi connectivity index (χ2n) is 4.84. The summed E-state index contributed by atoms with van der Waals surface area (Å²) in [5.74, 6) is 0.210. The van der Waals surface area contributed by atoms with Gasteiger partial charge in [0, 0.05) is 5.56 Å². The van der Waals surface area contributed by atoms with Gasteiger partial charge in [0.1, 0.15) is 5.75 Å². The van der Waals surface area contributed by atoms with Crippen LogP contribution in [-0.4, -0.2) is 18.7 Å². The van der Waals surface area contributed by atoms with Crippen molar-refractivity contribution < 1.29 is 9.53 Å². The maximum atomic E-state index is 11.8. The highest BCUT2D eigenvalue weighted by atomic mass is 79.9. The van der Waals surface area contributed by atoms with E-state index in [0.29, 0.717) is 21.4 Å². The molecule has 0 saturated carbocycles. The Hall–Kier alpha value is -1.56. The Bertz CT molecular complexity index is 746. The molecule has 24 heavy (non-hydrogen) atoms. The average molecular weight is 430 g/mol. The van der Waals surface area contributed by atoms with E-state index in [-0.39, 0.29) is 12.5 Å². The van der Waals surface area contributed by atoms with Crippen molar-refractivity contribution in [1.82, 2.24) is 5.43 Å². The van der Waals surface area contributed by atoms with Crippen LogP contribution < -0.4 is 10.2 Å². The minimum absolute atomic E-state index is 0.155. The summed E-state index contributed by atoms with van der Waals surface area (Å²) in [7, 11) is 0. The number of benzene rings is 2. The minimum atomic E-state index is -0.388. The van der Waals surface area contributed by atoms with Crippen LogP contribution in [-0.2, 0) is 11.2 Å². The molecule has 0 radical (unpaired) electrons. The zero-order chi connectivity index (χ0) is 17.5. The molecule has 0 bridgehead atoms. The van der Waals surface area contributed by atoms with Gasteiger partial charge in [-0.15, -0.1) is 0 Å². The molecular weight excluding hydrogens is 415 g/mol. The van der Waals surface area contributed by atoms with Crippen molar-refractivity contribution in [3.63, 3.8) is 0 Å². The smallest absolute Gasteiger partial charge is 0.277 e. The van der Waals surface area contributed by atoms with Crippen LogP contribution in [0.4, 0.5) is 0 Å². The number of rotatable bonds is 6. The van der Waals surface area contributed by atoms with Gasteiger partial charge in [0.05, 0.1) is 20.7 Å². The van der Waals surface area contributed by atoms with E-state index in [9.17, 15) is 4.79 Å². The molecule has 1 N–H and O–H groups in total. The van der Waals surface area contributed by atoms with Gasteiger partial charge in [-0.05, 0) is 52.2 Å². The maximum absolute atomic E-state index is 11.8. The Morgan fingerprint density at radius 3 is 2.62 bits per heavy atom. The van der Waals surface area contributed by atoms with Crippen LogP contribution in [0.5, 0.6) is 5.75 Å². The number of nitrogens with zero attached hydrogens (tertiary/aromatic N) is 1. The first-order valence-electron chi connectivity index (χ1n) is 7.18. The SMILES string of the molecule is CCc1ccc(OCC(=O)NN=Cc2c(Cl)cccc2Cl)c(Br)c1. The Morgan fingerprint density at radius 2 is 2.00 bits per heavy atom. The lowest BCUT2D eigenvalue weighted by Gasteiger charge is -2.08. The fourth-order valence-electron chi connectivity index (χ4n) is 1.86. The largest absolute Gasteiger partial charge is 0.483 e. The lowest BCUT2D eigenvalue weighted by atomic mass is 10.2. The number of carbonyl (C=O) groups excluding carboxylic acids is 1. The molecule has 0 aliphatic rings. The summed E-state index contributed by atoms with van der Waals surface area (Å²) in [5.41, 5.74) is 4.09. The highest BCUT2D eigenvalue weighted by Crippen LogP contribution is 2.26. The molecule has 0 heterocycles. The Morgan fingerprint density at radius 1 is 1.29 bits per heavy atom. The van der Waals surface area contributed by atoms with Gasteiger partial charge in [-0.1, -0.05) is 42.3 Å². The second kappa shape index (κ2) is 9.06. The van der Waals surface area contributed by atoms with Crippen molar-refractivity contribution in [1.29, 1.82) is 0 Å². The molecule has 0 unspecified atom stereocenters. The Labute approximate surface area is 158 Å². The monoisotopic (exact) mass is 428 g/mol. The van der Waals surface area contributed by atoms with E-state index in [2.05, 4.69) is 33.4 Å². The average Bonchev–Trinajstić information content (AvgIpc) is 2.56. The molecule has 0 fully saturated rings.